The zero-order valence-corrected chi connectivity index (χ0v) is 14.3. The summed E-state index contributed by atoms with van der Waals surface area (Å²) in [6.07, 6.45) is 3.59. The summed E-state index contributed by atoms with van der Waals surface area (Å²) in [5, 5.41) is 5.93. The summed E-state index contributed by atoms with van der Waals surface area (Å²) in [5.41, 5.74) is 0.0307. The van der Waals surface area contributed by atoms with Crippen molar-refractivity contribution in [2.75, 3.05) is 39.8 Å². The lowest BCUT2D eigenvalue weighted by molar-refractivity contribution is -0.122. The molecule has 0 radical (unpaired) electrons. The van der Waals surface area contributed by atoms with Crippen molar-refractivity contribution in [2.45, 2.75) is 25.7 Å². The minimum atomic E-state index is -0.562. The van der Waals surface area contributed by atoms with Crippen LogP contribution in [0.25, 0.3) is 0 Å². The molecule has 0 aromatic heterocycles. The maximum absolute atomic E-state index is 13.5. The smallest absolute Gasteiger partial charge is 0.234 e. The fraction of sp³-hybridized carbons (Fsp3) is 0.611. The van der Waals surface area contributed by atoms with Crippen LogP contribution in [0.4, 0.5) is 8.78 Å². The Labute approximate surface area is 142 Å². The van der Waals surface area contributed by atoms with Gasteiger partial charge in [0, 0.05) is 12.1 Å². The van der Waals surface area contributed by atoms with Crippen molar-refractivity contribution in [3.8, 4) is 0 Å². The molecule has 1 saturated heterocycles. The number of nitrogens with zero attached hydrogens (tertiary/aromatic N) is 1. The van der Waals surface area contributed by atoms with E-state index in [1.807, 2.05) is 7.05 Å². The lowest BCUT2D eigenvalue weighted by Gasteiger charge is -2.31. The van der Waals surface area contributed by atoms with E-state index in [9.17, 15) is 13.6 Å². The minimum Gasteiger partial charge on any atom is -0.355 e. The van der Waals surface area contributed by atoms with Crippen LogP contribution in [0.1, 0.15) is 24.8 Å². The number of halogens is 2. The van der Waals surface area contributed by atoms with Gasteiger partial charge in [-0.15, -0.1) is 0 Å². The quantitative estimate of drug-likeness (QED) is 0.761. The summed E-state index contributed by atoms with van der Waals surface area (Å²) in [7, 11) is 1.96. The van der Waals surface area contributed by atoms with Crippen LogP contribution in [0.5, 0.6) is 0 Å². The van der Waals surface area contributed by atoms with Gasteiger partial charge in [0.05, 0.1) is 6.54 Å². The van der Waals surface area contributed by atoms with E-state index in [2.05, 4.69) is 15.5 Å². The third-order valence-corrected chi connectivity index (χ3v) is 4.64. The second-order valence-electron chi connectivity index (χ2n) is 6.41. The van der Waals surface area contributed by atoms with Crippen LogP contribution in [-0.2, 0) is 11.2 Å². The Morgan fingerprint density at radius 3 is 2.50 bits per heavy atom. The Bertz CT molecular complexity index is 511. The van der Waals surface area contributed by atoms with E-state index in [1.54, 1.807) is 0 Å². The van der Waals surface area contributed by atoms with Gasteiger partial charge in [-0.3, -0.25) is 9.69 Å². The zero-order valence-electron chi connectivity index (χ0n) is 14.3. The Morgan fingerprint density at radius 2 is 1.88 bits per heavy atom. The summed E-state index contributed by atoms with van der Waals surface area (Å²) in [6, 6.07) is 3.81. The maximum Gasteiger partial charge on any atom is 0.234 e. The molecular weight excluding hydrogens is 312 g/mol. The number of benzene rings is 1. The largest absolute Gasteiger partial charge is 0.355 e. The summed E-state index contributed by atoms with van der Waals surface area (Å²) in [5.74, 6) is -0.470. The zero-order chi connectivity index (χ0) is 17.4. The number of carbonyl (C=O) groups is 1. The monoisotopic (exact) mass is 339 g/mol. The molecule has 6 heteroatoms. The SMILES string of the molecule is CNCCC1CCN(CC(=O)NCCc2c(F)cccc2F)CC1. The van der Waals surface area contributed by atoms with Gasteiger partial charge in [-0.2, -0.15) is 0 Å². The molecule has 0 aliphatic carbocycles. The number of piperidine rings is 1. The summed E-state index contributed by atoms with van der Waals surface area (Å²) in [6.45, 7) is 3.51. The molecule has 2 rings (SSSR count). The Balaban J connectivity index is 1.65. The van der Waals surface area contributed by atoms with Gasteiger partial charge in [-0.1, -0.05) is 6.07 Å². The van der Waals surface area contributed by atoms with Crippen LogP contribution in [0.2, 0.25) is 0 Å². The Kier molecular flexibility index (Phi) is 7.59. The molecule has 134 valence electrons. The number of likely N-dealkylation sites (tertiary alicyclic amines) is 1. The molecule has 0 bridgehead atoms. The van der Waals surface area contributed by atoms with E-state index < -0.39 is 11.6 Å². The van der Waals surface area contributed by atoms with Crippen LogP contribution >= 0.6 is 0 Å². The molecule has 24 heavy (non-hydrogen) atoms. The average Bonchev–Trinajstić information content (AvgIpc) is 2.57. The topological polar surface area (TPSA) is 44.4 Å². The van der Waals surface area contributed by atoms with Crippen LogP contribution < -0.4 is 10.6 Å². The summed E-state index contributed by atoms with van der Waals surface area (Å²) >= 11 is 0. The molecule has 1 fully saturated rings. The number of carbonyl (C=O) groups excluding carboxylic acids is 1. The third-order valence-electron chi connectivity index (χ3n) is 4.64. The maximum atomic E-state index is 13.5. The highest BCUT2D eigenvalue weighted by Crippen LogP contribution is 2.19. The molecule has 0 unspecified atom stereocenters. The van der Waals surface area contributed by atoms with Gasteiger partial charge in [0.25, 0.3) is 0 Å². The van der Waals surface area contributed by atoms with Gasteiger partial charge >= 0.3 is 0 Å². The molecule has 1 aromatic carbocycles. The fourth-order valence-corrected chi connectivity index (χ4v) is 3.14. The molecular formula is C18H27F2N3O. The van der Waals surface area contributed by atoms with Crippen molar-refractivity contribution in [1.29, 1.82) is 0 Å². The van der Waals surface area contributed by atoms with Crippen molar-refractivity contribution in [3.05, 3.63) is 35.4 Å². The van der Waals surface area contributed by atoms with Crippen LogP contribution in [0, 0.1) is 17.6 Å². The molecule has 1 amide bonds. The van der Waals surface area contributed by atoms with Gasteiger partial charge in [0.2, 0.25) is 5.91 Å². The Morgan fingerprint density at radius 1 is 1.21 bits per heavy atom. The molecule has 0 atom stereocenters. The number of rotatable bonds is 8. The van der Waals surface area contributed by atoms with E-state index >= 15 is 0 Å². The summed E-state index contributed by atoms with van der Waals surface area (Å²) < 4.78 is 27.0. The van der Waals surface area contributed by atoms with Crippen molar-refractivity contribution in [1.82, 2.24) is 15.5 Å². The normalized spacial score (nSPS) is 16.3. The number of nitrogens with one attached hydrogen (secondary N) is 2. The molecule has 4 nitrogen and oxygen atoms in total. The van der Waals surface area contributed by atoms with Gasteiger partial charge < -0.3 is 10.6 Å². The standard InChI is InChI=1S/C18H27F2N3O/c1-21-9-5-14-7-11-23(12-8-14)13-18(24)22-10-6-15-16(19)3-2-4-17(15)20/h2-4,14,21H,5-13H2,1H3,(H,22,24). The number of hydrogen-bond acceptors (Lipinski definition) is 3. The second kappa shape index (κ2) is 9.69. The van der Waals surface area contributed by atoms with Gasteiger partial charge in [-0.05, 0) is 70.4 Å². The van der Waals surface area contributed by atoms with Crippen LogP contribution in [-0.4, -0.2) is 50.6 Å². The van der Waals surface area contributed by atoms with E-state index in [0.717, 1.165) is 38.4 Å². The fourth-order valence-electron chi connectivity index (χ4n) is 3.14. The van der Waals surface area contributed by atoms with Crippen LogP contribution in [0.3, 0.4) is 0 Å². The van der Waals surface area contributed by atoms with E-state index in [1.165, 1.54) is 24.6 Å². The van der Waals surface area contributed by atoms with Crippen molar-refractivity contribution >= 4 is 5.91 Å². The van der Waals surface area contributed by atoms with Crippen molar-refractivity contribution in [3.63, 3.8) is 0 Å². The number of hydrogen-bond donors (Lipinski definition) is 2. The molecule has 1 aromatic rings. The van der Waals surface area contributed by atoms with Gasteiger partial charge in [-0.25, -0.2) is 8.78 Å². The Hall–Kier alpha value is -1.53. The first-order chi connectivity index (χ1) is 11.6. The molecule has 0 saturated carbocycles. The first kappa shape index (κ1) is 18.8. The lowest BCUT2D eigenvalue weighted by atomic mass is 9.93. The molecule has 0 spiro atoms. The molecule has 2 N–H and O–H groups in total. The van der Waals surface area contributed by atoms with Crippen LogP contribution in [0.15, 0.2) is 18.2 Å². The summed E-state index contributed by atoms with van der Waals surface area (Å²) in [4.78, 5) is 14.1. The highest BCUT2D eigenvalue weighted by atomic mass is 19.1. The predicted octanol–water partition coefficient (Wildman–Crippen LogP) is 1.94. The number of amides is 1. The third kappa shape index (κ3) is 5.83. The average molecular weight is 339 g/mol. The van der Waals surface area contributed by atoms with Gasteiger partial charge in [0.1, 0.15) is 11.6 Å². The second-order valence-corrected chi connectivity index (χ2v) is 6.41. The molecule has 1 heterocycles. The molecule has 1 aliphatic heterocycles. The van der Waals surface area contributed by atoms with E-state index in [0.29, 0.717) is 6.54 Å². The van der Waals surface area contributed by atoms with Crippen molar-refractivity contribution < 1.29 is 13.6 Å². The molecule has 1 aliphatic rings. The first-order valence-electron chi connectivity index (χ1n) is 8.66. The van der Waals surface area contributed by atoms with Crippen molar-refractivity contribution in [2.24, 2.45) is 5.92 Å². The van der Waals surface area contributed by atoms with E-state index in [4.69, 9.17) is 0 Å². The van der Waals surface area contributed by atoms with E-state index in [-0.39, 0.29) is 24.4 Å². The van der Waals surface area contributed by atoms with Gasteiger partial charge in [0.15, 0.2) is 0 Å². The predicted molar refractivity (Wildman–Crippen MR) is 90.8 cm³/mol. The lowest BCUT2D eigenvalue weighted by Crippen LogP contribution is -2.42. The minimum absolute atomic E-state index is 0.0307. The first-order valence-corrected chi connectivity index (χ1v) is 8.66. The highest BCUT2D eigenvalue weighted by molar-refractivity contribution is 5.78. The highest BCUT2D eigenvalue weighted by Gasteiger charge is 2.20.